The number of rotatable bonds is 8. The largest absolute Gasteiger partial charge is 0.480 e. The molecule has 7 atom stereocenters. The summed E-state index contributed by atoms with van der Waals surface area (Å²) in [6.45, 7) is 8.59. The number of hydrogen-bond donors (Lipinski definition) is 1. The number of hydrogen-bond acceptors (Lipinski definition) is 13. The lowest BCUT2D eigenvalue weighted by molar-refractivity contribution is -0.315. The predicted octanol–water partition coefficient (Wildman–Crippen LogP) is 0.549. The zero-order valence-electron chi connectivity index (χ0n) is 22.9. The molecule has 2 rings (SSSR count). The van der Waals surface area contributed by atoms with Gasteiger partial charge in [-0.25, -0.2) is 9.59 Å². The van der Waals surface area contributed by atoms with Gasteiger partial charge in [-0.2, -0.15) is 0 Å². The number of esters is 4. The van der Waals surface area contributed by atoms with E-state index in [-0.39, 0.29) is 13.0 Å². The molecule has 1 N–H and O–H groups in total. The predicted molar refractivity (Wildman–Crippen MR) is 126 cm³/mol. The van der Waals surface area contributed by atoms with E-state index in [9.17, 15) is 33.9 Å². The Morgan fingerprint density at radius 1 is 0.846 bits per heavy atom. The van der Waals surface area contributed by atoms with Crippen molar-refractivity contribution < 1.29 is 67.0 Å². The molecule has 1 amide bonds. The Morgan fingerprint density at radius 3 is 1.87 bits per heavy atom. The molecule has 0 saturated carbocycles. The molecule has 2 fully saturated rings. The lowest BCUT2D eigenvalue weighted by Crippen LogP contribution is -2.63. The molecule has 3 unspecified atom stereocenters. The first-order valence-corrected chi connectivity index (χ1v) is 12.2. The van der Waals surface area contributed by atoms with Crippen LogP contribution in [0.5, 0.6) is 0 Å². The second-order valence-electron chi connectivity index (χ2n) is 10.0. The molecular formula is C24H35NO14. The SMILES string of the molecule is CC(=O)OCC1O[C@H](O[C@@H]2C[C@@H](C(=O)O)N(C(=O)OC(C)(C)C)C2)C(OC(C)=O)C(OC(C)=O)[C@H]1OC(C)=O. The normalized spacial score (nSPS) is 28.7. The van der Waals surface area contributed by atoms with Crippen LogP contribution in [0.3, 0.4) is 0 Å². The Morgan fingerprint density at radius 2 is 1.38 bits per heavy atom. The molecule has 2 heterocycles. The standard InChI is InChI=1S/C24H35NO14/c1-11(26)33-10-17-18(34-12(2)27)19(35-13(3)28)20(36-14(4)29)22(38-17)37-15-8-16(21(30)31)25(9-15)23(32)39-24(5,6)7/h15-20,22H,8-10H2,1-7H3,(H,30,31)/t15-,16+,17?,18+,19?,20?,22+/m1/s1. The van der Waals surface area contributed by atoms with Crippen LogP contribution in [0.25, 0.3) is 0 Å². The molecular weight excluding hydrogens is 526 g/mol. The van der Waals surface area contributed by atoms with Gasteiger partial charge in [0, 0.05) is 34.1 Å². The Balaban J connectivity index is 2.40. The number of nitrogens with zero attached hydrogens (tertiary/aromatic N) is 1. The Hall–Kier alpha value is -3.46. The van der Waals surface area contributed by atoms with Gasteiger partial charge in [-0.3, -0.25) is 24.1 Å². The smallest absolute Gasteiger partial charge is 0.411 e. The number of carbonyl (C=O) groups excluding carboxylic acids is 5. The molecule has 2 saturated heterocycles. The molecule has 220 valence electrons. The van der Waals surface area contributed by atoms with E-state index in [1.165, 1.54) is 0 Å². The van der Waals surface area contributed by atoms with Crippen molar-refractivity contribution in [3.05, 3.63) is 0 Å². The number of ether oxygens (including phenoxy) is 7. The molecule has 15 nitrogen and oxygen atoms in total. The van der Waals surface area contributed by atoms with Crippen LogP contribution in [0.2, 0.25) is 0 Å². The highest BCUT2D eigenvalue weighted by Gasteiger charge is 2.54. The van der Waals surface area contributed by atoms with E-state index in [1.807, 2.05) is 0 Å². The topological polar surface area (TPSA) is 190 Å². The van der Waals surface area contributed by atoms with Gasteiger partial charge in [0.25, 0.3) is 0 Å². The lowest BCUT2D eigenvalue weighted by atomic mass is 9.98. The van der Waals surface area contributed by atoms with Crippen LogP contribution >= 0.6 is 0 Å². The molecule has 15 heteroatoms. The molecule has 0 aromatic rings. The van der Waals surface area contributed by atoms with E-state index in [0.717, 1.165) is 32.6 Å². The van der Waals surface area contributed by atoms with Crippen LogP contribution in [0.15, 0.2) is 0 Å². The third-order valence-corrected chi connectivity index (χ3v) is 5.45. The summed E-state index contributed by atoms with van der Waals surface area (Å²) in [5.41, 5.74) is -0.890. The van der Waals surface area contributed by atoms with Crippen LogP contribution in [0.4, 0.5) is 4.79 Å². The van der Waals surface area contributed by atoms with Crippen LogP contribution in [0.1, 0.15) is 54.9 Å². The summed E-state index contributed by atoms with van der Waals surface area (Å²) in [5.74, 6) is -4.41. The Labute approximate surface area is 224 Å². The maximum Gasteiger partial charge on any atom is 0.411 e. The summed E-state index contributed by atoms with van der Waals surface area (Å²) in [4.78, 5) is 72.8. The third-order valence-electron chi connectivity index (χ3n) is 5.45. The molecule has 2 aliphatic rings. The van der Waals surface area contributed by atoms with E-state index in [4.69, 9.17) is 33.2 Å². The van der Waals surface area contributed by atoms with Crippen molar-refractivity contribution >= 4 is 35.9 Å². The fourth-order valence-electron chi connectivity index (χ4n) is 4.14. The Bertz CT molecular complexity index is 959. The number of likely N-dealkylation sites (tertiary alicyclic amines) is 1. The minimum Gasteiger partial charge on any atom is -0.480 e. The van der Waals surface area contributed by atoms with Crippen molar-refractivity contribution in [1.29, 1.82) is 0 Å². The van der Waals surface area contributed by atoms with Gasteiger partial charge in [0.05, 0.1) is 12.6 Å². The fourth-order valence-corrected chi connectivity index (χ4v) is 4.14. The highest BCUT2D eigenvalue weighted by Crippen LogP contribution is 2.33. The first-order chi connectivity index (χ1) is 18.0. The highest BCUT2D eigenvalue weighted by atomic mass is 16.7. The first kappa shape index (κ1) is 31.8. The summed E-state index contributed by atoms with van der Waals surface area (Å²) in [6.07, 6.45) is -9.07. The van der Waals surface area contributed by atoms with Crippen LogP contribution in [0, 0.1) is 0 Å². The monoisotopic (exact) mass is 561 g/mol. The lowest BCUT2D eigenvalue weighted by Gasteiger charge is -2.44. The van der Waals surface area contributed by atoms with Crippen molar-refractivity contribution in [3.8, 4) is 0 Å². The van der Waals surface area contributed by atoms with Crippen molar-refractivity contribution in [2.24, 2.45) is 0 Å². The van der Waals surface area contributed by atoms with E-state index in [2.05, 4.69) is 0 Å². The van der Waals surface area contributed by atoms with Crippen LogP contribution in [-0.2, 0) is 57.1 Å². The molecule has 0 aromatic heterocycles. The summed E-state index contributed by atoms with van der Waals surface area (Å²) in [5, 5.41) is 9.69. The average Bonchev–Trinajstić information content (AvgIpc) is 3.19. The molecule has 0 bridgehead atoms. The van der Waals surface area contributed by atoms with Crippen molar-refractivity contribution in [3.63, 3.8) is 0 Å². The molecule has 2 aliphatic heterocycles. The number of carboxylic acids is 1. The number of amides is 1. The van der Waals surface area contributed by atoms with Gasteiger partial charge >= 0.3 is 35.9 Å². The molecule has 0 radical (unpaired) electrons. The minimum absolute atomic E-state index is 0.179. The van der Waals surface area contributed by atoms with Crippen LogP contribution in [-0.4, -0.2) is 108 Å². The second kappa shape index (κ2) is 13.1. The van der Waals surface area contributed by atoms with Gasteiger partial charge in [0.2, 0.25) is 0 Å². The molecule has 0 spiro atoms. The van der Waals surface area contributed by atoms with Gasteiger partial charge in [-0.05, 0) is 20.8 Å². The molecule has 0 aromatic carbocycles. The van der Waals surface area contributed by atoms with Gasteiger partial charge in [0.15, 0.2) is 24.6 Å². The van der Waals surface area contributed by atoms with Gasteiger partial charge in [-0.1, -0.05) is 0 Å². The summed E-state index contributed by atoms with van der Waals surface area (Å²) in [6, 6.07) is -1.30. The van der Waals surface area contributed by atoms with Crippen molar-refractivity contribution in [2.75, 3.05) is 13.2 Å². The average molecular weight is 562 g/mol. The number of carbonyl (C=O) groups is 6. The van der Waals surface area contributed by atoms with Gasteiger partial charge in [0.1, 0.15) is 24.4 Å². The second-order valence-corrected chi connectivity index (χ2v) is 10.0. The zero-order chi connectivity index (χ0) is 29.7. The van der Waals surface area contributed by atoms with Crippen molar-refractivity contribution in [1.82, 2.24) is 4.90 Å². The maximum absolute atomic E-state index is 12.7. The highest BCUT2D eigenvalue weighted by molar-refractivity contribution is 5.81. The summed E-state index contributed by atoms with van der Waals surface area (Å²) in [7, 11) is 0. The fraction of sp³-hybridized carbons (Fsp3) is 0.750. The van der Waals surface area contributed by atoms with Gasteiger partial charge < -0.3 is 38.3 Å². The van der Waals surface area contributed by atoms with E-state index in [0.29, 0.717) is 0 Å². The maximum atomic E-state index is 12.7. The quantitative estimate of drug-likeness (QED) is 0.319. The number of carboxylic acid groups (broad SMARTS) is 1. The van der Waals surface area contributed by atoms with Gasteiger partial charge in [-0.15, -0.1) is 0 Å². The van der Waals surface area contributed by atoms with Crippen molar-refractivity contribution in [2.45, 2.75) is 103 Å². The van der Waals surface area contributed by atoms with E-state index in [1.54, 1.807) is 20.8 Å². The first-order valence-electron chi connectivity index (χ1n) is 12.2. The van der Waals surface area contributed by atoms with Crippen LogP contribution < -0.4 is 0 Å². The summed E-state index contributed by atoms with van der Waals surface area (Å²) >= 11 is 0. The van der Waals surface area contributed by atoms with E-state index >= 15 is 0 Å². The number of aliphatic carboxylic acids is 1. The van der Waals surface area contributed by atoms with E-state index < -0.39 is 91.0 Å². The zero-order valence-corrected chi connectivity index (χ0v) is 22.9. The minimum atomic E-state index is -1.51. The summed E-state index contributed by atoms with van der Waals surface area (Å²) < 4.78 is 38.2. The Kier molecular flexibility index (Phi) is 10.6. The molecule has 0 aliphatic carbocycles. The molecule has 39 heavy (non-hydrogen) atoms. The third kappa shape index (κ3) is 9.35.